The van der Waals surface area contributed by atoms with E-state index in [-0.39, 0.29) is 28.3 Å². The maximum Gasteiger partial charge on any atom is 0.242 e. The lowest BCUT2D eigenvalue weighted by atomic mass is 9.97. The van der Waals surface area contributed by atoms with E-state index in [9.17, 15) is 13.2 Å². The van der Waals surface area contributed by atoms with E-state index in [4.69, 9.17) is 28.9 Å². The van der Waals surface area contributed by atoms with Crippen molar-refractivity contribution in [3.63, 3.8) is 0 Å². The Kier molecular flexibility index (Phi) is 7.10. The predicted molar refractivity (Wildman–Crippen MR) is 99.4 cm³/mol. The number of piperidine rings is 1. The van der Waals surface area contributed by atoms with Crippen LogP contribution in [-0.4, -0.2) is 45.4 Å². The van der Waals surface area contributed by atoms with Crippen molar-refractivity contribution < 1.29 is 13.2 Å². The number of nitrogens with one attached hydrogen (secondary N) is 1. The van der Waals surface area contributed by atoms with Gasteiger partial charge in [0.25, 0.3) is 0 Å². The first-order valence-corrected chi connectivity index (χ1v) is 10.4. The van der Waals surface area contributed by atoms with Crippen molar-refractivity contribution in [3.05, 3.63) is 27.7 Å². The summed E-state index contributed by atoms with van der Waals surface area (Å²) in [4.78, 5) is 13.5. The van der Waals surface area contributed by atoms with Crippen LogP contribution in [0.5, 0.6) is 0 Å². The first-order valence-electron chi connectivity index (χ1n) is 8.18. The topological polar surface area (TPSA) is 92.5 Å². The molecule has 0 radical (unpaired) electrons. The molecule has 0 aliphatic carbocycles. The van der Waals surface area contributed by atoms with E-state index in [1.54, 1.807) is 6.92 Å². The van der Waals surface area contributed by atoms with Crippen LogP contribution in [0.1, 0.15) is 24.8 Å². The van der Waals surface area contributed by atoms with Gasteiger partial charge in [-0.15, -0.1) is 0 Å². The lowest BCUT2D eigenvalue weighted by Crippen LogP contribution is -2.42. The highest BCUT2D eigenvalue weighted by Crippen LogP contribution is 2.30. The lowest BCUT2D eigenvalue weighted by molar-refractivity contribution is -0.123. The molecule has 0 aromatic heterocycles. The molecule has 1 aliphatic rings. The summed E-state index contributed by atoms with van der Waals surface area (Å²) < 4.78 is 27.4. The first-order chi connectivity index (χ1) is 11.7. The number of benzene rings is 1. The van der Waals surface area contributed by atoms with Crippen LogP contribution in [0, 0.1) is 12.8 Å². The maximum atomic E-state index is 12.4. The molecule has 1 atom stereocenters. The third-order valence-corrected chi connectivity index (χ3v) is 6.94. The van der Waals surface area contributed by atoms with Crippen LogP contribution < -0.4 is 10.5 Å². The van der Waals surface area contributed by atoms with Crippen molar-refractivity contribution >= 4 is 39.1 Å². The number of nitrogens with two attached hydrogens (primary N) is 1. The van der Waals surface area contributed by atoms with Crippen LogP contribution in [0.15, 0.2) is 17.0 Å². The Labute approximate surface area is 158 Å². The SMILES string of the molecule is Cc1c(Cl)ccc(S(=O)(=O)NCCCN2CCCC(C(N)=O)C2)c1Cl. The summed E-state index contributed by atoms with van der Waals surface area (Å²) in [6.07, 6.45) is 2.39. The summed E-state index contributed by atoms with van der Waals surface area (Å²) in [6.45, 7) is 4.22. The molecule has 1 amide bonds. The Morgan fingerprint density at radius 1 is 1.40 bits per heavy atom. The Morgan fingerprint density at radius 3 is 2.80 bits per heavy atom. The van der Waals surface area contributed by atoms with Crippen molar-refractivity contribution in [2.75, 3.05) is 26.2 Å². The molecule has 1 heterocycles. The highest BCUT2D eigenvalue weighted by Gasteiger charge is 2.24. The molecular weight excluding hydrogens is 385 g/mol. The number of likely N-dealkylation sites (tertiary alicyclic amines) is 1. The summed E-state index contributed by atoms with van der Waals surface area (Å²) in [5, 5.41) is 0.568. The molecule has 1 aromatic carbocycles. The highest BCUT2D eigenvalue weighted by atomic mass is 35.5. The molecule has 0 spiro atoms. The maximum absolute atomic E-state index is 12.4. The molecule has 2 rings (SSSR count). The molecular formula is C16H23Cl2N3O3S. The molecule has 0 saturated carbocycles. The van der Waals surface area contributed by atoms with Gasteiger partial charge < -0.3 is 10.6 Å². The van der Waals surface area contributed by atoms with E-state index in [1.165, 1.54) is 12.1 Å². The number of hydrogen-bond donors (Lipinski definition) is 2. The monoisotopic (exact) mass is 407 g/mol. The Hall–Kier alpha value is -0.860. The quantitative estimate of drug-likeness (QED) is 0.677. The normalized spacial score (nSPS) is 19.1. The van der Waals surface area contributed by atoms with Crippen molar-refractivity contribution in [1.82, 2.24) is 9.62 Å². The number of rotatable bonds is 7. The molecule has 9 heteroatoms. The van der Waals surface area contributed by atoms with E-state index in [1.807, 2.05) is 0 Å². The molecule has 3 N–H and O–H groups in total. The molecule has 6 nitrogen and oxygen atoms in total. The van der Waals surface area contributed by atoms with Gasteiger partial charge in [-0.1, -0.05) is 23.2 Å². The van der Waals surface area contributed by atoms with Gasteiger partial charge in [-0.3, -0.25) is 4.79 Å². The minimum atomic E-state index is -3.69. The fraction of sp³-hybridized carbons (Fsp3) is 0.562. The Bertz CT molecular complexity index is 740. The first kappa shape index (κ1) is 20.5. The third kappa shape index (κ3) is 5.31. The zero-order chi connectivity index (χ0) is 18.6. The number of carbonyl (C=O) groups is 1. The van der Waals surface area contributed by atoms with E-state index in [0.29, 0.717) is 30.1 Å². The molecule has 1 aliphatic heterocycles. The van der Waals surface area contributed by atoms with Gasteiger partial charge in [-0.2, -0.15) is 0 Å². The van der Waals surface area contributed by atoms with E-state index >= 15 is 0 Å². The molecule has 1 aromatic rings. The minimum absolute atomic E-state index is 0.0304. The summed E-state index contributed by atoms with van der Waals surface area (Å²) in [6, 6.07) is 2.93. The average molecular weight is 408 g/mol. The van der Waals surface area contributed by atoms with Gasteiger partial charge in [0, 0.05) is 18.1 Å². The predicted octanol–water partition coefficient (Wildman–Crippen LogP) is 2.17. The number of nitrogens with zero attached hydrogens (tertiary/aromatic N) is 1. The number of halogens is 2. The zero-order valence-corrected chi connectivity index (χ0v) is 16.4. The van der Waals surface area contributed by atoms with Crippen LogP contribution in [0.2, 0.25) is 10.0 Å². The molecule has 1 unspecified atom stereocenters. The minimum Gasteiger partial charge on any atom is -0.369 e. The van der Waals surface area contributed by atoms with Crippen molar-refractivity contribution in [3.8, 4) is 0 Å². The zero-order valence-electron chi connectivity index (χ0n) is 14.1. The van der Waals surface area contributed by atoms with E-state index in [0.717, 1.165) is 19.4 Å². The Morgan fingerprint density at radius 2 is 2.12 bits per heavy atom. The number of carbonyl (C=O) groups excluding carboxylic acids is 1. The standard InChI is InChI=1S/C16H23Cl2N3O3S/c1-11-13(17)5-6-14(15(11)18)25(23,24)20-7-3-9-21-8-2-4-12(10-21)16(19)22/h5-6,12,20H,2-4,7-10H2,1H3,(H2,19,22). The second kappa shape index (κ2) is 8.68. The fourth-order valence-electron chi connectivity index (χ4n) is 2.92. The fourth-order valence-corrected chi connectivity index (χ4v) is 4.80. The molecule has 1 saturated heterocycles. The summed E-state index contributed by atoms with van der Waals surface area (Å²) in [7, 11) is -3.69. The molecule has 1 fully saturated rings. The summed E-state index contributed by atoms with van der Waals surface area (Å²) in [5.41, 5.74) is 5.90. The van der Waals surface area contributed by atoms with Crippen molar-refractivity contribution in [2.45, 2.75) is 31.1 Å². The van der Waals surface area contributed by atoms with Gasteiger partial charge in [0.05, 0.1) is 10.9 Å². The molecule has 25 heavy (non-hydrogen) atoms. The number of amides is 1. The second-order valence-corrected chi connectivity index (χ2v) is 8.80. The van der Waals surface area contributed by atoms with Crippen molar-refractivity contribution in [2.24, 2.45) is 11.7 Å². The average Bonchev–Trinajstić information content (AvgIpc) is 2.56. The van der Waals surface area contributed by atoms with E-state index in [2.05, 4.69) is 9.62 Å². The summed E-state index contributed by atoms with van der Waals surface area (Å²) in [5.74, 6) is -0.376. The third-order valence-electron chi connectivity index (χ3n) is 4.43. The Balaban J connectivity index is 1.87. The molecule has 140 valence electrons. The highest BCUT2D eigenvalue weighted by molar-refractivity contribution is 7.89. The van der Waals surface area contributed by atoms with Crippen LogP contribution in [-0.2, 0) is 14.8 Å². The van der Waals surface area contributed by atoms with Gasteiger partial charge in [0.1, 0.15) is 4.90 Å². The van der Waals surface area contributed by atoms with E-state index < -0.39 is 10.0 Å². The van der Waals surface area contributed by atoms with Gasteiger partial charge in [0.2, 0.25) is 15.9 Å². The van der Waals surface area contributed by atoms with Gasteiger partial charge in [0.15, 0.2) is 0 Å². The van der Waals surface area contributed by atoms with Crippen LogP contribution >= 0.6 is 23.2 Å². The molecule has 0 bridgehead atoms. The second-order valence-electron chi connectivity index (χ2n) is 6.28. The van der Waals surface area contributed by atoms with Gasteiger partial charge in [-0.25, -0.2) is 13.1 Å². The van der Waals surface area contributed by atoms with Gasteiger partial charge >= 0.3 is 0 Å². The lowest BCUT2D eigenvalue weighted by Gasteiger charge is -2.31. The van der Waals surface area contributed by atoms with Crippen LogP contribution in [0.25, 0.3) is 0 Å². The number of primary amides is 1. The van der Waals surface area contributed by atoms with Crippen LogP contribution in [0.3, 0.4) is 0 Å². The largest absolute Gasteiger partial charge is 0.369 e. The van der Waals surface area contributed by atoms with Crippen LogP contribution in [0.4, 0.5) is 0 Å². The van der Waals surface area contributed by atoms with Gasteiger partial charge in [-0.05, 0) is 57.0 Å². The smallest absolute Gasteiger partial charge is 0.242 e. The summed E-state index contributed by atoms with van der Waals surface area (Å²) >= 11 is 12.1. The number of sulfonamides is 1. The van der Waals surface area contributed by atoms with Crippen molar-refractivity contribution in [1.29, 1.82) is 0 Å². The number of hydrogen-bond acceptors (Lipinski definition) is 4.